The molecule has 1 aliphatic heterocycles. The second-order valence-electron chi connectivity index (χ2n) is 5.21. The molecule has 3 rings (SSSR count). The quantitative estimate of drug-likeness (QED) is 0.884. The molecular weight excluding hydrogens is 278 g/mol. The van der Waals surface area contributed by atoms with Crippen molar-refractivity contribution in [1.82, 2.24) is 15.0 Å². The number of nitrogens with one attached hydrogen (secondary N) is 1. The number of hydrogen-bond donors (Lipinski definition) is 1. The Morgan fingerprint density at radius 1 is 1.23 bits per heavy atom. The van der Waals surface area contributed by atoms with Crippen LogP contribution >= 0.6 is 0 Å². The Morgan fingerprint density at radius 3 is 2.91 bits per heavy atom. The lowest BCUT2D eigenvalue weighted by molar-refractivity contribution is 0.323. The maximum atomic E-state index is 5.54. The summed E-state index contributed by atoms with van der Waals surface area (Å²) >= 11 is 0. The number of nitrogens with zero attached hydrogens (tertiary/aromatic N) is 4. The van der Waals surface area contributed by atoms with E-state index in [1.54, 1.807) is 12.5 Å². The molecule has 1 N–H and O–H groups in total. The standard InChI is InChI=1S/C16H21N5O/c1-2-22-16-13(6-5-7-17-16)11-18-14-10-15(20-12-19-14)21-8-3-4-9-21/h5-7,10,12H,2-4,8-9,11H2,1H3,(H,18,19,20). The van der Waals surface area contributed by atoms with Crippen LogP contribution in [0.1, 0.15) is 25.3 Å². The van der Waals surface area contributed by atoms with E-state index < -0.39 is 0 Å². The third kappa shape index (κ3) is 3.44. The summed E-state index contributed by atoms with van der Waals surface area (Å²) in [5.41, 5.74) is 1.02. The molecule has 0 saturated carbocycles. The molecule has 0 radical (unpaired) electrons. The van der Waals surface area contributed by atoms with Crippen molar-refractivity contribution in [2.24, 2.45) is 0 Å². The Labute approximate surface area is 130 Å². The first-order chi connectivity index (χ1) is 10.9. The predicted octanol–water partition coefficient (Wildman–Crippen LogP) is 2.48. The third-order valence-corrected chi connectivity index (χ3v) is 3.67. The van der Waals surface area contributed by atoms with Gasteiger partial charge in [0.05, 0.1) is 6.61 Å². The highest BCUT2D eigenvalue weighted by atomic mass is 16.5. The zero-order chi connectivity index (χ0) is 15.2. The van der Waals surface area contributed by atoms with E-state index >= 15 is 0 Å². The summed E-state index contributed by atoms with van der Waals surface area (Å²) in [7, 11) is 0. The molecule has 0 aliphatic carbocycles. The van der Waals surface area contributed by atoms with E-state index in [0.717, 1.165) is 30.3 Å². The van der Waals surface area contributed by atoms with Crippen molar-refractivity contribution in [2.45, 2.75) is 26.3 Å². The molecule has 1 fully saturated rings. The van der Waals surface area contributed by atoms with Gasteiger partial charge in [-0.05, 0) is 25.8 Å². The lowest BCUT2D eigenvalue weighted by Crippen LogP contribution is -2.19. The van der Waals surface area contributed by atoms with Gasteiger partial charge in [0, 0.05) is 37.5 Å². The Kier molecular flexibility index (Phi) is 4.68. The molecule has 3 heterocycles. The van der Waals surface area contributed by atoms with Crippen LogP contribution in [0.5, 0.6) is 5.88 Å². The molecule has 0 unspecified atom stereocenters. The Hall–Kier alpha value is -2.37. The highest BCUT2D eigenvalue weighted by molar-refractivity contribution is 5.49. The first-order valence-corrected chi connectivity index (χ1v) is 7.74. The van der Waals surface area contributed by atoms with Crippen molar-refractivity contribution in [1.29, 1.82) is 0 Å². The average molecular weight is 299 g/mol. The first-order valence-electron chi connectivity index (χ1n) is 7.74. The van der Waals surface area contributed by atoms with Gasteiger partial charge >= 0.3 is 0 Å². The van der Waals surface area contributed by atoms with Crippen molar-refractivity contribution in [3.63, 3.8) is 0 Å². The molecule has 0 spiro atoms. The van der Waals surface area contributed by atoms with Gasteiger partial charge in [0.25, 0.3) is 0 Å². The first kappa shape index (κ1) is 14.6. The zero-order valence-electron chi connectivity index (χ0n) is 12.8. The van der Waals surface area contributed by atoms with Crippen LogP contribution in [0.4, 0.5) is 11.6 Å². The molecule has 6 heteroatoms. The minimum Gasteiger partial charge on any atom is -0.478 e. The smallest absolute Gasteiger partial charge is 0.218 e. The maximum Gasteiger partial charge on any atom is 0.218 e. The van der Waals surface area contributed by atoms with Gasteiger partial charge in [-0.15, -0.1) is 0 Å². The van der Waals surface area contributed by atoms with Gasteiger partial charge in [-0.3, -0.25) is 0 Å². The van der Waals surface area contributed by atoms with E-state index in [2.05, 4.69) is 25.2 Å². The average Bonchev–Trinajstić information content (AvgIpc) is 3.09. The fourth-order valence-electron chi connectivity index (χ4n) is 2.57. The summed E-state index contributed by atoms with van der Waals surface area (Å²) in [6, 6.07) is 5.92. The molecule has 6 nitrogen and oxygen atoms in total. The van der Waals surface area contributed by atoms with Crippen LogP contribution in [-0.4, -0.2) is 34.6 Å². The van der Waals surface area contributed by atoms with E-state index in [0.29, 0.717) is 19.0 Å². The number of hydrogen-bond acceptors (Lipinski definition) is 6. The molecule has 0 aromatic carbocycles. The second kappa shape index (κ2) is 7.06. The van der Waals surface area contributed by atoms with E-state index in [1.807, 2.05) is 25.1 Å². The number of aromatic nitrogens is 3. The fraction of sp³-hybridized carbons (Fsp3) is 0.438. The van der Waals surface area contributed by atoms with Crippen molar-refractivity contribution in [3.8, 4) is 5.88 Å². The van der Waals surface area contributed by atoms with Crippen LogP contribution in [0.15, 0.2) is 30.7 Å². The van der Waals surface area contributed by atoms with Crippen molar-refractivity contribution in [3.05, 3.63) is 36.3 Å². The number of anilines is 2. The predicted molar refractivity (Wildman–Crippen MR) is 86.2 cm³/mol. The maximum absolute atomic E-state index is 5.54. The van der Waals surface area contributed by atoms with Crippen LogP contribution in [0.2, 0.25) is 0 Å². The molecule has 0 atom stereocenters. The molecule has 1 saturated heterocycles. The molecule has 2 aromatic heterocycles. The summed E-state index contributed by atoms with van der Waals surface area (Å²) in [6.07, 6.45) is 5.83. The fourth-order valence-corrected chi connectivity index (χ4v) is 2.57. The van der Waals surface area contributed by atoms with Crippen LogP contribution in [0.3, 0.4) is 0 Å². The monoisotopic (exact) mass is 299 g/mol. The van der Waals surface area contributed by atoms with Gasteiger partial charge in [-0.25, -0.2) is 15.0 Å². The van der Waals surface area contributed by atoms with Gasteiger partial charge in [-0.2, -0.15) is 0 Å². The van der Waals surface area contributed by atoms with Crippen LogP contribution < -0.4 is 15.0 Å². The minimum atomic E-state index is 0.608. The van der Waals surface area contributed by atoms with E-state index in [1.165, 1.54) is 12.8 Å². The second-order valence-corrected chi connectivity index (χ2v) is 5.21. The largest absolute Gasteiger partial charge is 0.478 e. The SMILES string of the molecule is CCOc1ncccc1CNc1cc(N2CCCC2)ncn1. The van der Waals surface area contributed by atoms with Crippen LogP contribution in [0.25, 0.3) is 0 Å². The number of pyridine rings is 1. The van der Waals surface area contributed by atoms with Crippen LogP contribution in [0, 0.1) is 0 Å². The number of rotatable bonds is 6. The molecule has 116 valence electrons. The highest BCUT2D eigenvalue weighted by Crippen LogP contribution is 2.20. The molecule has 0 bridgehead atoms. The van der Waals surface area contributed by atoms with Gasteiger partial charge in [-0.1, -0.05) is 6.07 Å². The summed E-state index contributed by atoms with van der Waals surface area (Å²) in [5, 5.41) is 3.33. The summed E-state index contributed by atoms with van der Waals surface area (Å²) in [4.78, 5) is 15.2. The molecule has 0 amide bonds. The molecule has 22 heavy (non-hydrogen) atoms. The Morgan fingerprint density at radius 2 is 2.09 bits per heavy atom. The van der Waals surface area contributed by atoms with E-state index in [4.69, 9.17) is 4.74 Å². The lowest BCUT2D eigenvalue weighted by Gasteiger charge is -2.17. The van der Waals surface area contributed by atoms with Crippen molar-refractivity contribution < 1.29 is 4.74 Å². The third-order valence-electron chi connectivity index (χ3n) is 3.67. The Balaban J connectivity index is 1.67. The van der Waals surface area contributed by atoms with E-state index in [9.17, 15) is 0 Å². The summed E-state index contributed by atoms with van der Waals surface area (Å²) in [6.45, 7) is 5.34. The van der Waals surface area contributed by atoms with Crippen molar-refractivity contribution >= 4 is 11.6 Å². The summed E-state index contributed by atoms with van der Waals surface area (Å²) in [5.74, 6) is 2.49. The van der Waals surface area contributed by atoms with Gasteiger partial charge < -0.3 is 15.0 Å². The van der Waals surface area contributed by atoms with Gasteiger partial charge in [0.1, 0.15) is 18.0 Å². The topological polar surface area (TPSA) is 63.2 Å². The zero-order valence-corrected chi connectivity index (χ0v) is 12.8. The Bertz CT molecular complexity index is 613. The molecule has 1 aliphatic rings. The lowest BCUT2D eigenvalue weighted by atomic mass is 10.2. The number of ether oxygens (including phenoxy) is 1. The summed E-state index contributed by atoms with van der Waals surface area (Å²) < 4.78 is 5.54. The molecular formula is C16H21N5O. The van der Waals surface area contributed by atoms with Gasteiger partial charge in [0.15, 0.2) is 0 Å². The van der Waals surface area contributed by atoms with Gasteiger partial charge in [0.2, 0.25) is 5.88 Å². The van der Waals surface area contributed by atoms with Crippen LogP contribution in [-0.2, 0) is 6.54 Å². The van der Waals surface area contributed by atoms with E-state index in [-0.39, 0.29) is 0 Å². The highest BCUT2D eigenvalue weighted by Gasteiger charge is 2.14. The minimum absolute atomic E-state index is 0.608. The molecule has 2 aromatic rings. The van der Waals surface area contributed by atoms with Crippen molar-refractivity contribution in [2.75, 3.05) is 29.9 Å². The normalized spacial score (nSPS) is 14.1.